The van der Waals surface area contributed by atoms with Crippen LogP contribution in [0.15, 0.2) is 53.4 Å². The van der Waals surface area contributed by atoms with Crippen LogP contribution in [0.25, 0.3) is 0 Å². The van der Waals surface area contributed by atoms with E-state index in [0.29, 0.717) is 12.8 Å². The zero-order chi connectivity index (χ0) is 20.6. The normalized spacial score (nSPS) is 11.6. The molecule has 28 heavy (non-hydrogen) atoms. The Hall–Kier alpha value is -1.64. The molecule has 0 unspecified atom stereocenters. The van der Waals surface area contributed by atoms with Gasteiger partial charge in [-0.15, -0.1) is 0 Å². The van der Waals surface area contributed by atoms with Crippen LogP contribution in [0.1, 0.15) is 12.0 Å². The minimum Gasteiger partial charge on any atom is -0.396 e. The minimum atomic E-state index is -4.04. The fraction of sp³-hybridized carbons (Fsp3) is 0.316. The molecule has 2 N–H and O–H groups in total. The predicted molar refractivity (Wildman–Crippen MR) is 110 cm³/mol. The van der Waals surface area contributed by atoms with Crippen molar-refractivity contribution in [1.29, 1.82) is 0 Å². The van der Waals surface area contributed by atoms with E-state index in [1.807, 2.05) is 30.3 Å². The molecule has 2 aromatic rings. The van der Waals surface area contributed by atoms with Gasteiger partial charge in [-0.3, -0.25) is 4.79 Å². The number of amides is 1. The Balaban J connectivity index is 2.25. The SMILES string of the molecule is O=C(CN(CCc1ccccc1)S(=O)(=O)c1cc(Cl)ccc1Cl)NCCCO. The molecule has 0 spiro atoms. The molecule has 0 atom stereocenters. The molecule has 2 aromatic carbocycles. The first-order chi connectivity index (χ1) is 13.3. The van der Waals surface area contributed by atoms with Gasteiger partial charge in [0.1, 0.15) is 4.90 Å². The largest absolute Gasteiger partial charge is 0.396 e. The Morgan fingerprint density at radius 1 is 1.11 bits per heavy atom. The Morgan fingerprint density at radius 2 is 1.82 bits per heavy atom. The Bertz CT molecular complexity index is 892. The molecule has 152 valence electrons. The fourth-order valence-electron chi connectivity index (χ4n) is 2.52. The van der Waals surface area contributed by atoms with Gasteiger partial charge in [-0.1, -0.05) is 53.5 Å². The van der Waals surface area contributed by atoms with Crippen LogP contribution in [0.5, 0.6) is 0 Å². The maximum absolute atomic E-state index is 13.2. The molecule has 0 aromatic heterocycles. The number of aliphatic hydroxyl groups is 1. The summed E-state index contributed by atoms with van der Waals surface area (Å²) in [7, 11) is -4.04. The number of sulfonamides is 1. The standard InChI is InChI=1S/C19H22Cl2N2O4S/c20-16-7-8-17(21)18(13-16)28(26,27)23(14-19(25)22-10-4-12-24)11-9-15-5-2-1-3-6-15/h1-3,5-8,13,24H,4,9-12,14H2,(H,22,25). The molecule has 0 saturated heterocycles. The van der Waals surface area contributed by atoms with Gasteiger partial charge in [0, 0.05) is 24.7 Å². The summed E-state index contributed by atoms with van der Waals surface area (Å²) in [5.74, 6) is -0.455. The molecule has 9 heteroatoms. The first kappa shape index (κ1) is 22.6. The highest BCUT2D eigenvalue weighted by Crippen LogP contribution is 2.27. The summed E-state index contributed by atoms with van der Waals surface area (Å²) in [4.78, 5) is 12.1. The van der Waals surface area contributed by atoms with Crippen LogP contribution in [0.2, 0.25) is 10.0 Å². The second-order valence-electron chi connectivity index (χ2n) is 6.08. The molecule has 0 aliphatic heterocycles. The van der Waals surface area contributed by atoms with Gasteiger partial charge in [-0.05, 0) is 36.6 Å². The van der Waals surface area contributed by atoms with Crippen LogP contribution in [-0.4, -0.2) is 50.0 Å². The lowest BCUT2D eigenvalue weighted by molar-refractivity contribution is -0.121. The molecular formula is C19H22Cl2N2O4S. The van der Waals surface area contributed by atoms with Crippen molar-refractivity contribution in [3.05, 3.63) is 64.1 Å². The van der Waals surface area contributed by atoms with Gasteiger partial charge >= 0.3 is 0 Å². The summed E-state index contributed by atoms with van der Waals surface area (Å²) >= 11 is 12.0. The monoisotopic (exact) mass is 444 g/mol. The first-order valence-corrected chi connectivity index (χ1v) is 10.9. The van der Waals surface area contributed by atoms with Gasteiger partial charge in [0.25, 0.3) is 0 Å². The van der Waals surface area contributed by atoms with Gasteiger partial charge < -0.3 is 10.4 Å². The van der Waals surface area contributed by atoms with Gasteiger partial charge in [0.05, 0.1) is 11.6 Å². The Kier molecular flexibility index (Phi) is 8.72. The molecule has 0 radical (unpaired) electrons. The predicted octanol–water partition coefficient (Wildman–Crippen LogP) is 2.73. The number of rotatable bonds is 10. The van der Waals surface area contributed by atoms with E-state index in [4.69, 9.17) is 28.3 Å². The van der Waals surface area contributed by atoms with E-state index in [0.717, 1.165) is 9.87 Å². The van der Waals surface area contributed by atoms with E-state index in [2.05, 4.69) is 5.32 Å². The van der Waals surface area contributed by atoms with Crippen molar-refractivity contribution in [2.75, 3.05) is 26.2 Å². The van der Waals surface area contributed by atoms with Crippen LogP contribution >= 0.6 is 23.2 Å². The average molecular weight is 445 g/mol. The topological polar surface area (TPSA) is 86.7 Å². The van der Waals surface area contributed by atoms with Crippen LogP contribution < -0.4 is 5.32 Å². The number of halogens is 2. The van der Waals surface area contributed by atoms with Crippen molar-refractivity contribution >= 4 is 39.1 Å². The summed E-state index contributed by atoms with van der Waals surface area (Å²) in [6, 6.07) is 13.6. The van der Waals surface area contributed by atoms with Crippen molar-refractivity contribution in [3.63, 3.8) is 0 Å². The third-order valence-electron chi connectivity index (χ3n) is 3.98. The number of carbonyl (C=O) groups is 1. The number of benzene rings is 2. The lowest BCUT2D eigenvalue weighted by Gasteiger charge is -2.22. The molecule has 2 rings (SSSR count). The zero-order valence-electron chi connectivity index (χ0n) is 15.1. The number of nitrogens with zero attached hydrogens (tertiary/aromatic N) is 1. The molecule has 6 nitrogen and oxygen atoms in total. The third kappa shape index (κ3) is 6.46. The molecule has 0 heterocycles. The molecule has 0 fully saturated rings. The average Bonchev–Trinajstić information content (AvgIpc) is 2.67. The fourth-order valence-corrected chi connectivity index (χ4v) is 4.65. The highest BCUT2D eigenvalue weighted by atomic mass is 35.5. The second kappa shape index (κ2) is 10.8. The maximum Gasteiger partial charge on any atom is 0.245 e. The zero-order valence-corrected chi connectivity index (χ0v) is 17.5. The molecule has 0 bridgehead atoms. The van der Waals surface area contributed by atoms with E-state index in [1.165, 1.54) is 18.2 Å². The lowest BCUT2D eigenvalue weighted by atomic mass is 10.1. The summed E-state index contributed by atoms with van der Waals surface area (Å²) < 4.78 is 27.4. The molecular weight excluding hydrogens is 423 g/mol. The highest BCUT2D eigenvalue weighted by molar-refractivity contribution is 7.89. The van der Waals surface area contributed by atoms with E-state index >= 15 is 0 Å². The highest BCUT2D eigenvalue weighted by Gasteiger charge is 2.28. The number of hydrogen-bond donors (Lipinski definition) is 2. The van der Waals surface area contributed by atoms with E-state index in [1.54, 1.807) is 0 Å². The number of carbonyl (C=O) groups excluding carboxylic acids is 1. The summed E-state index contributed by atoms with van der Waals surface area (Å²) in [5, 5.41) is 11.7. The van der Waals surface area contributed by atoms with Crippen LogP contribution in [0.3, 0.4) is 0 Å². The Labute approximate surface area is 175 Å². The maximum atomic E-state index is 13.2. The summed E-state index contributed by atoms with van der Waals surface area (Å²) in [6.07, 6.45) is 0.824. The third-order valence-corrected chi connectivity index (χ3v) is 6.54. The first-order valence-electron chi connectivity index (χ1n) is 8.71. The molecule has 0 saturated carbocycles. The van der Waals surface area contributed by atoms with Crippen molar-refractivity contribution in [2.24, 2.45) is 0 Å². The van der Waals surface area contributed by atoms with Gasteiger partial charge in [0.2, 0.25) is 15.9 Å². The Morgan fingerprint density at radius 3 is 2.50 bits per heavy atom. The van der Waals surface area contributed by atoms with Crippen LogP contribution in [0.4, 0.5) is 0 Å². The summed E-state index contributed by atoms with van der Waals surface area (Å²) in [5.41, 5.74) is 0.945. The van der Waals surface area contributed by atoms with Crippen LogP contribution in [0, 0.1) is 0 Å². The van der Waals surface area contributed by atoms with Crippen molar-refractivity contribution < 1.29 is 18.3 Å². The van der Waals surface area contributed by atoms with E-state index in [-0.39, 0.29) is 41.2 Å². The number of nitrogens with one attached hydrogen (secondary N) is 1. The quantitative estimate of drug-likeness (QED) is 0.551. The van der Waals surface area contributed by atoms with Crippen molar-refractivity contribution in [2.45, 2.75) is 17.7 Å². The minimum absolute atomic E-state index is 0.0369. The second-order valence-corrected chi connectivity index (χ2v) is 8.83. The van der Waals surface area contributed by atoms with Crippen molar-refractivity contribution in [3.8, 4) is 0 Å². The van der Waals surface area contributed by atoms with Crippen molar-refractivity contribution in [1.82, 2.24) is 9.62 Å². The molecule has 0 aliphatic carbocycles. The molecule has 0 aliphatic rings. The summed E-state index contributed by atoms with van der Waals surface area (Å²) in [6.45, 7) is -0.0553. The van der Waals surface area contributed by atoms with Crippen LogP contribution in [-0.2, 0) is 21.2 Å². The van der Waals surface area contributed by atoms with Gasteiger partial charge in [-0.2, -0.15) is 4.31 Å². The number of aliphatic hydroxyl groups excluding tert-OH is 1. The van der Waals surface area contributed by atoms with Gasteiger partial charge in [0.15, 0.2) is 0 Å². The van der Waals surface area contributed by atoms with E-state index in [9.17, 15) is 13.2 Å². The van der Waals surface area contributed by atoms with E-state index < -0.39 is 15.9 Å². The molecule has 1 amide bonds. The lowest BCUT2D eigenvalue weighted by Crippen LogP contribution is -2.42. The van der Waals surface area contributed by atoms with Gasteiger partial charge in [-0.25, -0.2) is 8.42 Å². The smallest absolute Gasteiger partial charge is 0.245 e. The number of hydrogen-bond acceptors (Lipinski definition) is 4.